The molecule has 0 N–H and O–H groups in total. The van der Waals surface area contributed by atoms with Crippen molar-refractivity contribution >= 4 is 17.5 Å². The van der Waals surface area contributed by atoms with Crippen LogP contribution in [0.3, 0.4) is 0 Å². The Morgan fingerprint density at radius 3 is 2.32 bits per heavy atom. The van der Waals surface area contributed by atoms with E-state index in [1.807, 2.05) is 17.0 Å². The summed E-state index contributed by atoms with van der Waals surface area (Å²) >= 11 is 0. The van der Waals surface area contributed by atoms with Crippen LogP contribution in [0.1, 0.15) is 29.6 Å². The predicted octanol–water partition coefficient (Wildman–Crippen LogP) is 2.71. The summed E-state index contributed by atoms with van der Waals surface area (Å²) in [5, 5.41) is 0. The number of carbonyl (C=O) groups excluding carboxylic acids is 2. The van der Waals surface area contributed by atoms with Crippen LogP contribution in [0.25, 0.3) is 0 Å². The number of carbonyl (C=O) groups is 2. The van der Waals surface area contributed by atoms with E-state index in [9.17, 15) is 9.59 Å². The van der Waals surface area contributed by atoms with Gasteiger partial charge in [-0.3, -0.25) is 9.59 Å². The number of anilines is 1. The van der Waals surface area contributed by atoms with E-state index in [-0.39, 0.29) is 11.8 Å². The summed E-state index contributed by atoms with van der Waals surface area (Å²) in [6.45, 7) is 5.29. The van der Waals surface area contributed by atoms with Gasteiger partial charge in [0, 0.05) is 31.4 Å². The molecule has 1 heterocycles. The molecule has 4 heteroatoms. The Kier molecular flexibility index (Phi) is 4.01. The second kappa shape index (κ2) is 5.95. The van der Waals surface area contributed by atoms with Crippen LogP contribution in [0.2, 0.25) is 0 Å². The van der Waals surface area contributed by atoms with Gasteiger partial charge in [0.05, 0.1) is 0 Å². The fourth-order valence-electron chi connectivity index (χ4n) is 3.68. The van der Waals surface area contributed by atoms with Crippen LogP contribution in [0.15, 0.2) is 36.9 Å². The van der Waals surface area contributed by atoms with E-state index in [1.165, 1.54) is 30.2 Å². The third-order valence-electron chi connectivity index (χ3n) is 5.02. The van der Waals surface area contributed by atoms with Crippen LogP contribution in [-0.4, -0.2) is 36.9 Å². The van der Waals surface area contributed by atoms with Gasteiger partial charge < -0.3 is 9.80 Å². The first-order chi connectivity index (χ1) is 10.6. The summed E-state index contributed by atoms with van der Waals surface area (Å²) < 4.78 is 0. The first-order valence-corrected chi connectivity index (χ1v) is 7.89. The van der Waals surface area contributed by atoms with Crippen molar-refractivity contribution < 1.29 is 9.59 Å². The first kappa shape index (κ1) is 14.8. The van der Waals surface area contributed by atoms with Crippen LogP contribution in [0.5, 0.6) is 0 Å². The number of hydrogen-bond acceptors (Lipinski definition) is 2. The van der Waals surface area contributed by atoms with Crippen LogP contribution in [0, 0.1) is 11.8 Å². The van der Waals surface area contributed by atoms with E-state index in [0.717, 1.165) is 18.8 Å². The number of benzene rings is 1. The summed E-state index contributed by atoms with van der Waals surface area (Å²) in [5.74, 6) is 1.37. The van der Waals surface area contributed by atoms with E-state index in [0.29, 0.717) is 17.4 Å². The molecule has 1 aromatic carbocycles. The lowest BCUT2D eigenvalue weighted by atomic mass is 10.0. The average Bonchev–Trinajstić information content (AvgIpc) is 3.14. The van der Waals surface area contributed by atoms with Gasteiger partial charge in [-0.05, 0) is 55.0 Å². The van der Waals surface area contributed by atoms with Gasteiger partial charge in [-0.1, -0.05) is 13.0 Å². The van der Waals surface area contributed by atoms with E-state index in [2.05, 4.69) is 6.58 Å². The molecule has 0 radical (unpaired) electrons. The summed E-state index contributed by atoms with van der Waals surface area (Å²) in [6, 6.07) is 7.23. The standard InChI is InChI=1S/C18H22N2O2/c1-3-17(21)19(2)16-9-7-13(8-10-16)18(22)20-11-14-5-4-6-15(14)12-20/h3,7-10,14-15H,1,4-6,11-12H2,2H3/t14-,15+. The molecule has 1 aliphatic heterocycles. The van der Waals surface area contributed by atoms with Crippen molar-refractivity contribution in [2.45, 2.75) is 19.3 Å². The monoisotopic (exact) mass is 298 g/mol. The third-order valence-corrected chi connectivity index (χ3v) is 5.02. The lowest BCUT2D eigenvalue weighted by Gasteiger charge is -2.19. The molecule has 0 bridgehead atoms. The highest BCUT2D eigenvalue weighted by Crippen LogP contribution is 2.38. The van der Waals surface area contributed by atoms with Crippen molar-refractivity contribution in [2.24, 2.45) is 11.8 Å². The molecule has 4 nitrogen and oxygen atoms in total. The van der Waals surface area contributed by atoms with Gasteiger partial charge >= 0.3 is 0 Å². The minimum Gasteiger partial charge on any atom is -0.338 e. The second-order valence-electron chi connectivity index (χ2n) is 6.31. The Balaban J connectivity index is 1.69. The second-order valence-corrected chi connectivity index (χ2v) is 6.31. The Morgan fingerprint density at radius 2 is 1.77 bits per heavy atom. The fraction of sp³-hybridized carbons (Fsp3) is 0.444. The van der Waals surface area contributed by atoms with E-state index >= 15 is 0 Å². The van der Waals surface area contributed by atoms with Crippen molar-refractivity contribution in [3.05, 3.63) is 42.5 Å². The Morgan fingerprint density at radius 1 is 1.18 bits per heavy atom. The molecule has 1 saturated heterocycles. The molecule has 116 valence electrons. The molecule has 22 heavy (non-hydrogen) atoms. The van der Waals surface area contributed by atoms with Gasteiger partial charge in [0.2, 0.25) is 5.91 Å². The van der Waals surface area contributed by atoms with E-state index in [4.69, 9.17) is 0 Å². The molecule has 2 atom stereocenters. The van der Waals surface area contributed by atoms with Crippen molar-refractivity contribution in [1.82, 2.24) is 4.90 Å². The quantitative estimate of drug-likeness (QED) is 0.805. The number of nitrogens with zero attached hydrogens (tertiary/aromatic N) is 2. The summed E-state index contributed by atoms with van der Waals surface area (Å²) in [4.78, 5) is 27.7. The average molecular weight is 298 g/mol. The van der Waals surface area contributed by atoms with Gasteiger partial charge in [-0.2, -0.15) is 0 Å². The number of fused-ring (bicyclic) bond motifs is 1. The molecule has 2 fully saturated rings. The Labute approximate surface area is 131 Å². The highest BCUT2D eigenvalue weighted by molar-refractivity contribution is 6.01. The minimum atomic E-state index is -0.161. The fourth-order valence-corrected chi connectivity index (χ4v) is 3.68. The van der Waals surface area contributed by atoms with Crippen LogP contribution in [0.4, 0.5) is 5.69 Å². The van der Waals surface area contributed by atoms with Crippen LogP contribution < -0.4 is 4.90 Å². The number of amides is 2. The first-order valence-electron chi connectivity index (χ1n) is 7.89. The highest BCUT2D eigenvalue weighted by Gasteiger charge is 2.38. The maximum atomic E-state index is 12.6. The van der Waals surface area contributed by atoms with Gasteiger partial charge in [0.1, 0.15) is 0 Å². The Hall–Kier alpha value is -2.10. The number of hydrogen-bond donors (Lipinski definition) is 0. The molecule has 2 aliphatic rings. The molecular formula is C18H22N2O2. The third kappa shape index (κ3) is 2.65. The predicted molar refractivity (Wildman–Crippen MR) is 86.8 cm³/mol. The van der Waals surface area contributed by atoms with E-state index < -0.39 is 0 Å². The normalized spacial score (nSPS) is 23.2. The van der Waals surface area contributed by atoms with Crippen LogP contribution in [-0.2, 0) is 4.79 Å². The maximum Gasteiger partial charge on any atom is 0.253 e. The lowest BCUT2D eigenvalue weighted by molar-refractivity contribution is -0.113. The van der Waals surface area contributed by atoms with Crippen LogP contribution >= 0.6 is 0 Å². The summed E-state index contributed by atoms with van der Waals surface area (Å²) in [6.07, 6.45) is 5.13. The Bertz CT molecular complexity index is 582. The van der Waals surface area contributed by atoms with Crippen molar-refractivity contribution in [2.75, 3.05) is 25.0 Å². The van der Waals surface area contributed by atoms with Crippen molar-refractivity contribution in [3.8, 4) is 0 Å². The SMILES string of the molecule is C=CC(=O)N(C)c1ccc(C(=O)N2C[C@H]3CCC[C@H]3C2)cc1. The summed E-state index contributed by atoms with van der Waals surface area (Å²) in [5.41, 5.74) is 1.46. The molecule has 1 aromatic rings. The van der Waals surface area contributed by atoms with E-state index in [1.54, 1.807) is 19.2 Å². The zero-order chi connectivity index (χ0) is 15.7. The zero-order valence-electron chi connectivity index (χ0n) is 13.0. The van der Waals surface area contributed by atoms with Gasteiger partial charge in [0.15, 0.2) is 0 Å². The molecule has 1 aliphatic carbocycles. The largest absolute Gasteiger partial charge is 0.338 e. The molecule has 3 rings (SSSR count). The highest BCUT2D eigenvalue weighted by atomic mass is 16.2. The number of likely N-dealkylation sites (N-methyl/N-ethyl adjacent to an activating group) is 1. The molecule has 1 saturated carbocycles. The van der Waals surface area contributed by atoms with Gasteiger partial charge in [-0.25, -0.2) is 0 Å². The van der Waals surface area contributed by atoms with Gasteiger partial charge in [-0.15, -0.1) is 0 Å². The molecule has 0 spiro atoms. The topological polar surface area (TPSA) is 40.6 Å². The van der Waals surface area contributed by atoms with Crippen molar-refractivity contribution in [3.63, 3.8) is 0 Å². The number of likely N-dealkylation sites (tertiary alicyclic amines) is 1. The number of rotatable bonds is 3. The minimum absolute atomic E-state index is 0.110. The maximum absolute atomic E-state index is 12.6. The molecule has 2 amide bonds. The molecule has 0 aromatic heterocycles. The van der Waals surface area contributed by atoms with Crippen molar-refractivity contribution in [1.29, 1.82) is 0 Å². The molecule has 0 unspecified atom stereocenters. The molecular weight excluding hydrogens is 276 g/mol. The lowest BCUT2D eigenvalue weighted by Crippen LogP contribution is -2.29. The zero-order valence-corrected chi connectivity index (χ0v) is 13.0. The smallest absolute Gasteiger partial charge is 0.253 e. The summed E-state index contributed by atoms with van der Waals surface area (Å²) in [7, 11) is 1.70. The van der Waals surface area contributed by atoms with Gasteiger partial charge in [0.25, 0.3) is 5.91 Å².